The van der Waals surface area contributed by atoms with Gasteiger partial charge < -0.3 is 24.8 Å². The molecule has 0 aromatic heterocycles. The molecule has 7 nitrogen and oxygen atoms in total. The van der Waals surface area contributed by atoms with Crippen LogP contribution in [0, 0.1) is 0 Å². The molecule has 28 heavy (non-hydrogen) atoms. The summed E-state index contributed by atoms with van der Waals surface area (Å²) >= 11 is 0. The van der Waals surface area contributed by atoms with Crippen LogP contribution in [0.2, 0.25) is 0 Å². The van der Waals surface area contributed by atoms with Gasteiger partial charge in [-0.3, -0.25) is 9.89 Å². The maximum absolute atomic E-state index is 5.52. The molecule has 0 aliphatic carbocycles. The molecule has 0 atom stereocenters. The lowest BCUT2D eigenvalue weighted by Crippen LogP contribution is -2.41. The number of hydrogen-bond donors (Lipinski definition) is 2. The molecule has 0 spiro atoms. The number of morpholine rings is 1. The van der Waals surface area contributed by atoms with Crippen molar-refractivity contribution in [3.05, 3.63) is 23.8 Å². The van der Waals surface area contributed by atoms with Crippen LogP contribution in [-0.4, -0.2) is 70.1 Å². The van der Waals surface area contributed by atoms with Crippen molar-refractivity contribution in [2.45, 2.75) is 32.6 Å². The number of benzene rings is 1. The summed E-state index contributed by atoms with van der Waals surface area (Å²) in [5, 5.41) is 6.81. The van der Waals surface area contributed by atoms with E-state index in [0.717, 1.165) is 69.8 Å². The highest BCUT2D eigenvalue weighted by Crippen LogP contribution is 2.36. The summed E-state index contributed by atoms with van der Waals surface area (Å²) in [7, 11) is 0. The van der Waals surface area contributed by atoms with Crippen LogP contribution in [0.3, 0.4) is 0 Å². The van der Waals surface area contributed by atoms with Gasteiger partial charge >= 0.3 is 0 Å². The van der Waals surface area contributed by atoms with Crippen LogP contribution in [0.25, 0.3) is 0 Å². The van der Waals surface area contributed by atoms with E-state index in [1.54, 1.807) is 0 Å². The van der Waals surface area contributed by atoms with Crippen molar-refractivity contribution in [3.8, 4) is 11.5 Å². The Balaban J connectivity index is 1.50. The van der Waals surface area contributed by atoms with Crippen molar-refractivity contribution >= 4 is 5.96 Å². The van der Waals surface area contributed by atoms with Crippen LogP contribution in [-0.2, 0) is 10.2 Å². The number of nitrogens with one attached hydrogen (secondary N) is 2. The number of nitrogens with zero attached hydrogens (tertiary/aromatic N) is 2. The van der Waals surface area contributed by atoms with E-state index in [1.165, 1.54) is 5.56 Å². The van der Waals surface area contributed by atoms with Crippen molar-refractivity contribution in [3.63, 3.8) is 0 Å². The highest BCUT2D eigenvalue weighted by Gasteiger charge is 2.24. The molecular formula is C21H34N4O3. The van der Waals surface area contributed by atoms with E-state index >= 15 is 0 Å². The van der Waals surface area contributed by atoms with Gasteiger partial charge in [0.2, 0.25) is 6.79 Å². The molecule has 1 saturated heterocycles. The average molecular weight is 391 g/mol. The maximum Gasteiger partial charge on any atom is 0.231 e. The summed E-state index contributed by atoms with van der Waals surface area (Å²) in [5.74, 6) is 2.51. The number of ether oxygens (including phenoxy) is 3. The van der Waals surface area contributed by atoms with Gasteiger partial charge in [-0.1, -0.05) is 19.9 Å². The van der Waals surface area contributed by atoms with Gasteiger partial charge in [-0.05, 0) is 37.6 Å². The van der Waals surface area contributed by atoms with Crippen LogP contribution < -0.4 is 20.1 Å². The third kappa shape index (κ3) is 5.75. The molecule has 3 rings (SSSR count). The molecule has 0 amide bonds. The number of fused-ring (bicyclic) bond motifs is 1. The molecule has 0 saturated carbocycles. The van der Waals surface area contributed by atoms with Crippen LogP contribution >= 0.6 is 0 Å². The standard InChI is InChI=1S/C21H34N4O3/c1-4-22-20(23-8-5-9-25-10-12-26-13-11-25)24-15-21(2,3)17-6-7-18-19(14-17)28-16-27-18/h6-7,14H,4-5,8-13,15-16H2,1-3H3,(H2,22,23,24). The van der Waals surface area contributed by atoms with Crippen LogP contribution in [0.1, 0.15) is 32.8 Å². The Hall–Kier alpha value is -1.99. The van der Waals surface area contributed by atoms with Crippen molar-refractivity contribution in [2.75, 3.05) is 59.3 Å². The summed E-state index contributed by atoms with van der Waals surface area (Å²) in [6.45, 7) is 14.1. The zero-order valence-electron chi connectivity index (χ0n) is 17.4. The quantitative estimate of drug-likeness (QED) is 0.402. The molecule has 2 aliphatic rings. The highest BCUT2D eigenvalue weighted by atomic mass is 16.7. The van der Waals surface area contributed by atoms with Crippen LogP contribution in [0.15, 0.2) is 23.2 Å². The lowest BCUT2D eigenvalue weighted by Gasteiger charge is -2.26. The minimum atomic E-state index is -0.100. The third-order valence-electron chi connectivity index (χ3n) is 5.18. The first-order chi connectivity index (χ1) is 13.6. The molecule has 156 valence electrons. The number of hydrogen-bond acceptors (Lipinski definition) is 5. The minimum Gasteiger partial charge on any atom is -0.454 e. The van der Waals surface area contributed by atoms with E-state index < -0.39 is 0 Å². The predicted molar refractivity (Wildman–Crippen MR) is 111 cm³/mol. The van der Waals surface area contributed by atoms with Crippen LogP contribution in [0.5, 0.6) is 11.5 Å². The third-order valence-corrected chi connectivity index (χ3v) is 5.18. The van der Waals surface area contributed by atoms with Gasteiger partial charge in [0.25, 0.3) is 0 Å². The Morgan fingerprint density at radius 2 is 1.93 bits per heavy atom. The summed E-state index contributed by atoms with van der Waals surface area (Å²) < 4.78 is 16.3. The number of aliphatic imine (C=N–C) groups is 1. The number of guanidine groups is 1. The first kappa shape index (κ1) is 20.7. The fourth-order valence-electron chi connectivity index (χ4n) is 3.36. The Morgan fingerprint density at radius 3 is 2.71 bits per heavy atom. The summed E-state index contributed by atoms with van der Waals surface area (Å²) in [6.07, 6.45) is 1.09. The lowest BCUT2D eigenvalue weighted by atomic mass is 9.84. The topological polar surface area (TPSA) is 67.4 Å². The van der Waals surface area contributed by atoms with Gasteiger partial charge in [0.05, 0.1) is 19.8 Å². The van der Waals surface area contributed by atoms with Crippen LogP contribution in [0.4, 0.5) is 0 Å². The Labute approximate surface area is 168 Å². The van der Waals surface area contributed by atoms with Gasteiger partial charge in [-0.25, -0.2) is 0 Å². The Bertz CT molecular complexity index is 657. The highest BCUT2D eigenvalue weighted by molar-refractivity contribution is 5.79. The molecule has 2 aliphatic heterocycles. The van der Waals surface area contributed by atoms with E-state index in [9.17, 15) is 0 Å². The van der Waals surface area contributed by atoms with E-state index in [1.807, 2.05) is 6.07 Å². The molecule has 2 N–H and O–H groups in total. The summed E-state index contributed by atoms with van der Waals surface area (Å²) in [5.41, 5.74) is 1.10. The van der Waals surface area contributed by atoms with Crippen molar-refractivity contribution in [1.82, 2.24) is 15.5 Å². The monoisotopic (exact) mass is 390 g/mol. The summed E-state index contributed by atoms with van der Waals surface area (Å²) in [4.78, 5) is 7.28. The van der Waals surface area contributed by atoms with Gasteiger partial charge in [0, 0.05) is 31.6 Å². The largest absolute Gasteiger partial charge is 0.454 e. The predicted octanol–water partition coefficient (Wildman–Crippen LogP) is 1.97. The SMILES string of the molecule is CCNC(=NCC(C)(C)c1ccc2c(c1)OCO2)NCCCN1CCOCC1. The first-order valence-corrected chi connectivity index (χ1v) is 10.3. The van der Waals surface area contributed by atoms with Gasteiger partial charge in [0.15, 0.2) is 17.5 Å². The molecule has 1 aromatic rings. The maximum atomic E-state index is 5.52. The minimum absolute atomic E-state index is 0.100. The molecule has 0 radical (unpaired) electrons. The lowest BCUT2D eigenvalue weighted by molar-refractivity contribution is 0.0376. The van der Waals surface area contributed by atoms with Gasteiger partial charge in [0.1, 0.15) is 0 Å². The fourth-order valence-corrected chi connectivity index (χ4v) is 3.36. The Morgan fingerprint density at radius 1 is 1.14 bits per heavy atom. The van der Waals surface area contributed by atoms with Crippen molar-refractivity contribution < 1.29 is 14.2 Å². The Kier molecular flexibility index (Phi) is 7.39. The van der Waals surface area contributed by atoms with Crippen molar-refractivity contribution in [2.24, 2.45) is 4.99 Å². The second-order valence-corrected chi connectivity index (χ2v) is 7.88. The van der Waals surface area contributed by atoms with E-state index in [4.69, 9.17) is 19.2 Å². The molecule has 2 heterocycles. The van der Waals surface area contributed by atoms with Gasteiger partial charge in [-0.2, -0.15) is 0 Å². The number of rotatable bonds is 8. The molecule has 1 fully saturated rings. The van der Waals surface area contributed by atoms with Crippen molar-refractivity contribution in [1.29, 1.82) is 0 Å². The van der Waals surface area contributed by atoms with E-state index in [2.05, 4.69) is 48.4 Å². The second kappa shape index (κ2) is 9.98. The fraction of sp³-hybridized carbons (Fsp3) is 0.667. The molecule has 7 heteroatoms. The zero-order valence-corrected chi connectivity index (χ0v) is 17.4. The van der Waals surface area contributed by atoms with Gasteiger partial charge in [-0.15, -0.1) is 0 Å². The molecule has 1 aromatic carbocycles. The second-order valence-electron chi connectivity index (χ2n) is 7.88. The smallest absolute Gasteiger partial charge is 0.231 e. The van der Waals surface area contributed by atoms with E-state index in [-0.39, 0.29) is 5.41 Å². The molecule has 0 unspecified atom stereocenters. The normalized spacial score (nSPS) is 17.6. The first-order valence-electron chi connectivity index (χ1n) is 10.3. The average Bonchev–Trinajstić information content (AvgIpc) is 3.18. The van der Waals surface area contributed by atoms with E-state index in [0.29, 0.717) is 13.3 Å². The molecule has 0 bridgehead atoms. The summed E-state index contributed by atoms with van der Waals surface area (Å²) in [6, 6.07) is 6.16. The zero-order chi connectivity index (χ0) is 19.8. The molecular weight excluding hydrogens is 356 g/mol.